The average Bonchev–Trinajstić information content (AvgIpc) is 2.52. The Balaban J connectivity index is 2.08. The number of aromatic nitrogens is 2. The van der Waals surface area contributed by atoms with Crippen LogP contribution in [-0.2, 0) is 7.05 Å². The van der Waals surface area contributed by atoms with Crippen molar-refractivity contribution in [2.24, 2.45) is 7.05 Å². The fraction of sp³-hybridized carbons (Fsp3) is 0.700. The summed E-state index contributed by atoms with van der Waals surface area (Å²) in [4.78, 5) is 5.12. The summed E-state index contributed by atoms with van der Waals surface area (Å²) < 4.78 is 2.03. The second-order valence-electron chi connectivity index (χ2n) is 3.92. The van der Waals surface area contributed by atoms with Gasteiger partial charge in [0.2, 0.25) is 0 Å². The van der Waals surface area contributed by atoms with Crippen molar-refractivity contribution >= 4 is 15.9 Å². The maximum Gasteiger partial charge on any atom is 0.0946 e. The van der Waals surface area contributed by atoms with E-state index in [0.29, 0.717) is 10.7 Å². The smallest absolute Gasteiger partial charge is 0.0946 e. The number of rotatable bonds is 1. The highest BCUT2D eigenvalue weighted by Gasteiger charge is 2.22. The summed E-state index contributed by atoms with van der Waals surface area (Å²) in [6, 6.07) is 0. The fourth-order valence-electron chi connectivity index (χ4n) is 2.04. The lowest BCUT2D eigenvalue weighted by atomic mass is 9.87. The zero-order valence-electron chi connectivity index (χ0n) is 7.91. The van der Waals surface area contributed by atoms with Gasteiger partial charge in [-0.15, -0.1) is 0 Å². The summed E-state index contributed by atoms with van der Waals surface area (Å²) in [7, 11) is 2.03. The van der Waals surface area contributed by atoms with E-state index in [2.05, 4.69) is 27.1 Å². The van der Waals surface area contributed by atoms with E-state index >= 15 is 0 Å². The third-order valence-corrected chi connectivity index (χ3v) is 3.59. The Morgan fingerprint density at radius 3 is 3.00 bits per heavy atom. The lowest BCUT2D eigenvalue weighted by Crippen LogP contribution is -2.13. The molecule has 1 saturated carbocycles. The second-order valence-corrected chi connectivity index (χ2v) is 5.22. The lowest BCUT2D eigenvalue weighted by molar-refractivity contribution is 0.451. The van der Waals surface area contributed by atoms with Crippen LogP contribution in [0.3, 0.4) is 0 Å². The monoisotopic (exact) mass is 242 g/mol. The van der Waals surface area contributed by atoms with Crippen LogP contribution in [0.2, 0.25) is 0 Å². The Hall–Kier alpha value is -0.310. The topological polar surface area (TPSA) is 17.8 Å². The Morgan fingerprint density at radius 1 is 1.54 bits per heavy atom. The van der Waals surface area contributed by atoms with E-state index in [9.17, 15) is 0 Å². The van der Waals surface area contributed by atoms with Gasteiger partial charge in [-0.05, 0) is 19.3 Å². The van der Waals surface area contributed by atoms with Gasteiger partial charge in [0.1, 0.15) is 0 Å². The van der Waals surface area contributed by atoms with Crippen LogP contribution in [-0.4, -0.2) is 14.4 Å². The second kappa shape index (κ2) is 3.82. The first kappa shape index (κ1) is 9.25. The summed E-state index contributed by atoms with van der Waals surface area (Å²) >= 11 is 3.70. The van der Waals surface area contributed by atoms with E-state index in [4.69, 9.17) is 0 Å². The van der Waals surface area contributed by atoms with E-state index in [1.165, 1.54) is 31.4 Å². The molecule has 0 aliphatic heterocycles. The lowest BCUT2D eigenvalue weighted by Gasteiger charge is -2.23. The molecular formula is C10H15BrN2. The van der Waals surface area contributed by atoms with Crippen molar-refractivity contribution in [3.8, 4) is 0 Å². The van der Waals surface area contributed by atoms with Crippen LogP contribution in [0.5, 0.6) is 0 Å². The van der Waals surface area contributed by atoms with Crippen molar-refractivity contribution in [3.05, 3.63) is 18.2 Å². The van der Waals surface area contributed by atoms with Gasteiger partial charge in [-0.2, -0.15) is 0 Å². The molecule has 72 valence electrons. The highest BCUT2D eigenvalue weighted by Crippen LogP contribution is 2.34. The van der Waals surface area contributed by atoms with Crippen LogP contribution in [0, 0.1) is 0 Å². The number of imidazole rings is 1. The van der Waals surface area contributed by atoms with E-state index < -0.39 is 0 Å². The number of hydrogen-bond acceptors (Lipinski definition) is 1. The molecule has 1 aliphatic carbocycles. The first-order chi connectivity index (χ1) is 6.25. The maximum atomic E-state index is 4.42. The largest absolute Gasteiger partial charge is 0.340 e. The van der Waals surface area contributed by atoms with Gasteiger partial charge >= 0.3 is 0 Å². The molecule has 0 saturated heterocycles. The fourth-order valence-corrected chi connectivity index (χ4v) is 2.82. The number of nitrogens with zero attached hydrogens (tertiary/aromatic N) is 2. The summed E-state index contributed by atoms with van der Waals surface area (Å²) in [5.41, 5.74) is 1.27. The highest BCUT2D eigenvalue weighted by atomic mass is 79.9. The predicted octanol–water partition coefficient (Wildman–Crippen LogP) is 2.84. The molecule has 0 radical (unpaired) electrons. The molecule has 1 heterocycles. The van der Waals surface area contributed by atoms with Crippen molar-refractivity contribution in [3.63, 3.8) is 0 Å². The van der Waals surface area contributed by atoms with Gasteiger partial charge in [0, 0.05) is 24.0 Å². The molecule has 1 aliphatic rings. The minimum atomic E-state index is 0.680. The molecule has 0 spiro atoms. The molecule has 2 rings (SSSR count). The molecule has 2 atom stereocenters. The minimum Gasteiger partial charge on any atom is -0.340 e. The SMILES string of the molecule is Cn1cnc(C2CCCC(Br)C2)c1. The number of hydrogen-bond donors (Lipinski definition) is 0. The molecule has 3 heteroatoms. The molecule has 1 aromatic rings. The van der Waals surface area contributed by atoms with Crippen LogP contribution in [0.25, 0.3) is 0 Å². The molecule has 0 aromatic carbocycles. The Morgan fingerprint density at radius 2 is 2.38 bits per heavy atom. The van der Waals surface area contributed by atoms with Crippen molar-refractivity contribution in [2.75, 3.05) is 0 Å². The first-order valence-electron chi connectivity index (χ1n) is 4.87. The van der Waals surface area contributed by atoms with Crippen molar-refractivity contribution in [1.29, 1.82) is 0 Å². The summed E-state index contributed by atoms with van der Waals surface area (Å²) in [6.45, 7) is 0. The van der Waals surface area contributed by atoms with Crippen LogP contribution in [0.15, 0.2) is 12.5 Å². The first-order valence-corrected chi connectivity index (χ1v) is 5.79. The number of alkyl halides is 1. The molecule has 2 unspecified atom stereocenters. The zero-order chi connectivity index (χ0) is 9.26. The van der Waals surface area contributed by atoms with E-state index in [1.807, 2.05) is 17.9 Å². The maximum absolute atomic E-state index is 4.42. The molecule has 0 bridgehead atoms. The predicted molar refractivity (Wildman–Crippen MR) is 57.1 cm³/mol. The van der Waals surface area contributed by atoms with Gasteiger partial charge in [0.15, 0.2) is 0 Å². The Labute approximate surface area is 87.5 Å². The van der Waals surface area contributed by atoms with Gasteiger partial charge in [-0.3, -0.25) is 0 Å². The Kier molecular flexibility index (Phi) is 2.72. The molecule has 0 amide bonds. The minimum absolute atomic E-state index is 0.680. The van der Waals surface area contributed by atoms with Gasteiger partial charge in [0.25, 0.3) is 0 Å². The summed E-state index contributed by atoms with van der Waals surface area (Å²) in [5.74, 6) is 0.680. The number of aryl methyl sites for hydroxylation is 1. The molecule has 1 aromatic heterocycles. The molecular weight excluding hydrogens is 228 g/mol. The van der Waals surface area contributed by atoms with Gasteiger partial charge in [-0.1, -0.05) is 22.4 Å². The highest BCUT2D eigenvalue weighted by molar-refractivity contribution is 9.09. The molecule has 0 N–H and O–H groups in total. The third-order valence-electron chi connectivity index (χ3n) is 2.75. The van der Waals surface area contributed by atoms with E-state index in [1.54, 1.807) is 0 Å². The summed E-state index contributed by atoms with van der Waals surface area (Å²) in [6.07, 6.45) is 9.25. The van der Waals surface area contributed by atoms with Crippen LogP contribution < -0.4 is 0 Å². The average molecular weight is 243 g/mol. The quantitative estimate of drug-likeness (QED) is 0.693. The van der Waals surface area contributed by atoms with Crippen LogP contribution in [0.4, 0.5) is 0 Å². The summed E-state index contributed by atoms with van der Waals surface area (Å²) in [5, 5.41) is 0. The van der Waals surface area contributed by atoms with Gasteiger partial charge in [0.05, 0.1) is 12.0 Å². The van der Waals surface area contributed by atoms with E-state index in [0.717, 1.165) is 0 Å². The molecule has 1 fully saturated rings. The molecule has 2 nitrogen and oxygen atoms in total. The Bertz CT molecular complexity index is 282. The van der Waals surface area contributed by atoms with Crippen LogP contribution >= 0.6 is 15.9 Å². The van der Waals surface area contributed by atoms with Gasteiger partial charge < -0.3 is 4.57 Å². The standard InChI is InChI=1S/C10H15BrN2/c1-13-6-10(12-7-13)8-3-2-4-9(11)5-8/h6-9H,2-5H2,1H3. The normalized spacial score (nSPS) is 29.1. The van der Waals surface area contributed by atoms with Crippen molar-refractivity contribution in [2.45, 2.75) is 36.4 Å². The van der Waals surface area contributed by atoms with Crippen LogP contribution in [0.1, 0.15) is 37.3 Å². The zero-order valence-corrected chi connectivity index (χ0v) is 9.50. The number of halogens is 1. The molecule has 13 heavy (non-hydrogen) atoms. The third kappa shape index (κ3) is 2.13. The van der Waals surface area contributed by atoms with Gasteiger partial charge in [-0.25, -0.2) is 4.98 Å². The van der Waals surface area contributed by atoms with Crippen molar-refractivity contribution in [1.82, 2.24) is 9.55 Å². The van der Waals surface area contributed by atoms with E-state index in [-0.39, 0.29) is 0 Å². The van der Waals surface area contributed by atoms with Crippen molar-refractivity contribution < 1.29 is 0 Å².